The van der Waals surface area contributed by atoms with E-state index in [1.165, 1.54) is 6.21 Å². The molecule has 2 heterocycles. The maximum atomic E-state index is 7.66. The molecule has 148 valence electrons. The number of hydrogen-bond donors (Lipinski definition) is 5. The van der Waals surface area contributed by atoms with Crippen molar-refractivity contribution in [3.8, 4) is 0 Å². The standard InChI is InChI=1S/C21H29N7/c1-4-7-25-12-17(11-23)16-8-19-18(26-13-16)5-6-21(27-19)28-20(24)9-15(10-22)14(2)3/h5-6,8-14,23,25H,4,7,22,24H2,1-3H3,(H,27,28)/b15-10+,17-12+,20-9+,23-11?. The highest BCUT2D eigenvalue weighted by atomic mass is 15.1. The number of anilines is 1. The van der Waals surface area contributed by atoms with Crippen LogP contribution in [0.3, 0.4) is 0 Å². The zero-order chi connectivity index (χ0) is 20.5. The molecule has 2 aromatic rings. The molecule has 0 unspecified atom stereocenters. The number of fused-ring (bicyclic) bond motifs is 1. The minimum Gasteiger partial charge on any atom is -0.404 e. The van der Waals surface area contributed by atoms with E-state index in [0.717, 1.165) is 40.7 Å². The van der Waals surface area contributed by atoms with E-state index in [9.17, 15) is 0 Å². The van der Waals surface area contributed by atoms with Crippen LogP contribution in [-0.2, 0) is 0 Å². The van der Waals surface area contributed by atoms with Crippen LogP contribution in [-0.4, -0.2) is 22.7 Å². The summed E-state index contributed by atoms with van der Waals surface area (Å²) in [6.07, 6.45) is 9.26. The van der Waals surface area contributed by atoms with Crippen LogP contribution in [0.15, 0.2) is 54.3 Å². The molecule has 2 rings (SSSR count). The Bertz CT molecular complexity index is 910. The molecule has 0 aliphatic rings. The lowest BCUT2D eigenvalue weighted by atomic mass is 10.0. The molecule has 0 bridgehead atoms. The number of nitrogens with two attached hydrogens (primary N) is 2. The van der Waals surface area contributed by atoms with E-state index in [1.54, 1.807) is 18.5 Å². The van der Waals surface area contributed by atoms with E-state index in [-0.39, 0.29) is 5.92 Å². The number of rotatable bonds is 9. The van der Waals surface area contributed by atoms with Gasteiger partial charge < -0.3 is 27.5 Å². The summed E-state index contributed by atoms with van der Waals surface area (Å²) < 4.78 is 0. The van der Waals surface area contributed by atoms with Gasteiger partial charge in [0.2, 0.25) is 0 Å². The highest BCUT2D eigenvalue weighted by Gasteiger charge is 2.06. The van der Waals surface area contributed by atoms with E-state index in [1.807, 2.05) is 38.2 Å². The van der Waals surface area contributed by atoms with Gasteiger partial charge in [-0.3, -0.25) is 4.98 Å². The third-order valence-corrected chi connectivity index (χ3v) is 4.13. The molecule has 0 spiro atoms. The summed E-state index contributed by atoms with van der Waals surface area (Å²) in [5, 5.41) is 13.9. The normalized spacial score (nSPS) is 13.1. The third kappa shape index (κ3) is 5.57. The van der Waals surface area contributed by atoms with E-state index in [2.05, 4.69) is 27.5 Å². The Kier molecular flexibility index (Phi) is 7.56. The van der Waals surface area contributed by atoms with Gasteiger partial charge in [-0.15, -0.1) is 0 Å². The monoisotopic (exact) mass is 379 g/mol. The Morgan fingerprint density at radius 2 is 2.07 bits per heavy atom. The molecule has 0 radical (unpaired) electrons. The maximum absolute atomic E-state index is 7.66. The molecule has 0 saturated heterocycles. The van der Waals surface area contributed by atoms with Crippen LogP contribution in [0.4, 0.5) is 5.82 Å². The number of pyridine rings is 2. The van der Waals surface area contributed by atoms with Gasteiger partial charge in [0, 0.05) is 36.3 Å². The van der Waals surface area contributed by atoms with Crippen molar-refractivity contribution in [2.24, 2.45) is 17.4 Å². The van der Waals surface area contributed by atoms with Gasteiger partial charge in [0.1, 0.15) is 11.6 Å². The van der Waals surface area contributed by atoms with Crippen molar-refractivity contribution in [2.45, 2.75) is 27.2 Å². The van der Waals surface area contributed by atoms with Crippen LogP contribution in [0.5, 0.6) is 0 Å². The first-order valence-corrected chi connectivity index (χ1v) is 9.35. The molecule has 2 aromatic heterocycles. The second-order valence-electron chi connectivity index (χ2n) is 6.70. The lowest BCUT2D eigenvalue weighted by Gasteiger charge is -2.10. The molecular weight excluding hydrogens is 350 g/mol. The first-order valence-electron chi connectivity index (χ1n) is 9.35. The van der Waals surface area contributed by atoms with E-state index >= 15 is 0 Å². The Hall–Kier alpha value is -3.35. The van der Waals surface area contributed by atoms with Gasteiger partial charge in [-0.05, 0) is 48.4 Å². The number of nitrogens with one attached hydrogen (secondary N) is 3. The number of allylic oxidation sites excluding steroid dienone is 3. The maximum Gasteiger partial charge on any atom is 0.132 e. The predicted octanol–water partition coefficient (Wildman–Crippen LogP) is 3.33. The molecule has 0 fully saturated rings. The summed E-state index contributed by atoms with van der Waals surface area (Å²) in [4.78, 5) is 9.05. The Morgan fingerprint density at radius 1 is 1.29 bits per heavy atom. The van der Waals surface area contributed by atoms with E-state index in [0.29, 0.717) is 11.6 Å². The molecule has 28 heavy (non-hydrogen) atoms. The topological polar surface area (TPSA) is 126 Å². The first kappa shape index (κ1) is 21.0. The van der Waals surface area contributed by atoms with Gasteiger partial charge in [-0.2, -0.15) is 0 Å². The largest absolute Gasteiger partial charge is 0.404 e. The lowest BCUT2D eigenvalue weighted by molar-refractivity contribution is 0.786. The van der Waals surface area contributed by atoms with Crippen LogP contribution >= 0.6 is 0 Å². The van der Waals surface area contributed by atoms with Gasteiger partial charge in [0.05, 0.1) is 11.0 Å². The quantitative estimate of drug-likeness (QED) is 0.258. The van der Waals surface area contributed by atoms with E-state index in [4.69, 9.17) is 16.9 Å². The Morgan fingerprint density at radius 3 is 2.71 bits per heavy atom. The molecule has 0 aliphatic carbocycles. The molecule has 7 heteroatoms. The molecule has 0 atom stereocenters. The van der Waals surface area contributed by atoms with Crippen molar-refractivity contribution in [3.05, 3.63) is 59.8 Å². The lowest BCUT2D eigenvalue weighted by Crippen LogP contribution is -2.12. The van der Waals surface area contributed by atoms with Gasteiger partial charge in [-0.25, -0.2) is 4.98 Å². The third-order valence-electron chi connectivity index (χ3n) is 4.13. The molecule has 0 aliphatic heterocycles. The molecular formula is C21H29N7. The van der Waals surface area contributed by atoms with Crippen molar-refractivity contribution < 1.29 is 0 Å². The van der Waals surface area contributed by atoms with Gasteiger partial charge in [0.15, 0.2) is 0 Å². The molecule has 7 nitrogen and oxygen atoms in total. The SMILES string of the molecule is CCCN/C=C(\C=N)c1cnc2ccc(N/C(N)=C/C(=C\N)C(C)C)nc2c1. The van der Waals surface area contributed by atoms with Gasteiger partial charge in [-0.1, -0.05) is 20.8 Å². The van der Waals surface area contributed by atoms with E-state index < -0.39 is 0 Å². The summed E-state index contributed by atoms with van der Waals surface area (Å²) in [5.41, 5.74) is 15.7. The van der Waals surface area contributed by atoms with Gasteiger partial charge >= 0.3 is 0 Å². The average molecular weight is 380 g/mol. The van der Waals surface area contributed by atoms with Crippen molar-refractivity contribution in [1.29, 1.82) is 5.41 Å². The Balaban J connectivity index is 2.30. The van der Waals surface area contributed by atoms with Crippen molar-refractivity contribution >= 4 is 28.6 Å². The van der Waals surface area contributed by atoms with Crippen LogP contribution in [0.1, 0.15) is 32.8 Å². The predicted molar refractivity (Wildman–Crippen MR) is 118 cm³/mol. The molecule has 0 aromatic carbocycles. The van der Waals surface area contributed by atoms with Crippen molar-refractivity contribution in [1.82, 2.24) is 15.3 Å². The second kappa shape index (κ2) is 10.1. The minimum absolute atomic E-state index is 0.273. The molecule has 7 N–H and O–H groups in total. The van der Waals surface area contributed by atoms with Crippen LogP contribution in [0.2, 0.25) is 0 Å². The highest BCUT2D eigenvalue weighted by molar-refractivity contribution is 6.08. The zero-order valence-corrected chi connectivity index (χ0v) is 16.7. The zero-order valence-electron chi connectivity index (χ0n) is 16.7. The summed E-state index contributed by atoms with van der Waals surface area (Å²) in [7, 11) is 0. The van der Waals surface area contributed by atoms with Crippen LogP contribution in [0, 0.1) is 11.3 Å². The Labute approximate surface area is 166 Å². The first-order chi connectivity index (χ1) is 13.5. The highest BCUT2D eigenvalue weighted by Crippen LogP contribution is 2.19. The smallest absolute Gasteiger partial charge is 0.132 e. The van der Waals surface area contributed by atoms with Crippen LogP contribution in [0.25, 0.3) is 16.6 Å². The summed E-state index contributed by atoms with van der Waals surface area (Å²) in [5.74, 6) is 1.35. The summed E-state index contributed by atoms with van der Waals surface area (Å²) in [6.45, 7) is 7.04. The number of nitrogens with zero attached hydrogens (tertiary/aromatic N) is 2. The fourth-order valence-corrected chi connectivity index (χ4v) is 2.54. The van der Waals surface area contributed by atoms with Crippen molar-refractivity contribution in [3.63, 3.8) is 0 Å². The number of hydrogen-bond acceptors (Lipinski definition) is 7. The van der Waals surface area contributed by atoms with Gasteiger partial charge in [0.25, 0.3) is 0 Å². The fraction of sp³-hybridized carbons (Fsp3) is 0.286. The molecule has 0 amide bonds. The summed E-state index contributed by atoms with van der Waals surface area (Å²) in [6, 6.07) is 5.62. The van der Waals surface area contributed by atoms with Crippen LogP contribution < -0.4 is 22.1 Å². The minimum atomic E-state index is 0.273. The second-order valence-corrected chi connectivity index (χ2v) is 6.70. The average Bonchev–Trinajstić information content (AvgIpc) is 2.68. The summed E-state index contributed by atoms with van der Waals surface area (Å²) >= 11 is 0. The number of aromatic nitrogens is 2. The molecule has 0 saturated carbocycles. The fourth-order valence-electron chi connectivity index (χ4n) is 2.54. The van der Waals surface area contributed by atoms with Crippen molar-refractivity contribution in [2.75, 3.05) is 11.9 Å².